The minimum Gasteiger partial charge on any atom is -0.345 e. The number of hydrogen-bond donors (Lipinski definition) is 1. The minimum atomic E-state index is -0.714. The van der Waals surface area contributed by atoms with Crippen molar-refractivity contribution in [2.24, 2.45) is 0 Å². The SMILES string of the molecule is O=C(NC1(CCl)CC1)c1cc(F)ccc1[N+](=O)[O-]. The number of nitro benzene ring substituents is 1. The predicted molar refractivity (Wildman–Crippen MR) is 63.2 cm³/mol. The summed E-state index contributed by atoms with van der Waals surface area (Å²) >= 11 is 5.70. The lowest BCUT2D eigenvalue weighted by Crippen LogP contribution is -2.38. The van der Waals surface area contributed by atoms with Crippen LogP contribution in [0, 0.1) is 15.9 Å². The maximum Gasteiger partial charge on any atom is 0.282 e. The molecule has 1 aromatic carbocycles. The van der Waals surface area contributed by atoms with Crippen molar-refractivity contribution in [2.45, 2.75) is 18.4 Å². The Kier molecular flexibility index (Phi) is 3.21. The van der Waals surface area contributed by atoms with Gasteiger partial charge >= 0.3 is 0 Å². The Balaban J connectivity index is 2.29. The largest absolute Gasteiger partial charge is 0.345 e. The van der Waals surface area contributed by atoms with Gasteiger partial charge in [0.1, 0.15) is 11.4 Å². The first-order valence-electron chi connectivity index (χ1n) is 5.30. The molecule has 0 heterocycles. The van der Waals surface area contributed by atoms with Crippen LogP contribution in [0.1, 0.15) is 23.2 Å². The summed E-state index contributed by atoms with van der Waals surface area (Å²) in [7, 11) is 0. The van der Waals surface area contributed by atoms with Crippen molar-refractivity contribution in [1.82, 2.24) is 5.32 Å². The summed E-state index contributed by atoms with van der Waals surface area (Å²) in [5.41, 5.74) is -1.19. The number of nitro groups is 1. The van der Waals surface area contributed by atoms with E-state index in [2.05, 4.69) is 5.32 Å². The number of rotatable bonds is 4. The standard InChI is InChI=1S/C11H10ClFN2O3/c12-6-11(3-4-11)14-10(16)8-5-7(13)1-2-9(8)15(17)18/h1-2,5H,3-4,6H2,(H,14,16). The first kappa shape index (κ1) is 12.8. The van der Waals surface area contributed by atoms with Crippen LogP contribution in [0.25, 0.3) is 0 Å². The van der Waals surface area contributed by atoms with Gasteiger partial charge in [0.05, 0.1) is 10.5 Å². The normalized spacial score (nSPS) is 16.1. The van der Waals surface area contributed by atoms with Crippen LogP contribution in [0.3, 0.4) is 0 Å². The van der Waals surface area contributed by atoms with Crippen molar-refractivity contribution in [3.05, 3.63) is 39.7 Å². The molecule has 0 spiro atoms. The summed E-state index contributed by atoms with van der Waals surface area (Å²) in [5, 5.41) is 13.4. The first-order valence-corrected chi connectivity index (χ1v) is 5.83. The van der Waals surface area contributed by atoms with Crippen LogP contribution in [0.2, 0.25) is 0 Å². The predicted octanol–water partition coefficient (Wildman–Crippen LogP) is 2.24. The third kappa shape index (κ3) is 2.43. The van der Waals surface area contributed by atoms with Gasteiger partial charge in [0.15, 0.2) is 0 Å². The third-order valence-corrected chi connectivity index (χ3v) is 3.40. The molecule has 0 unspecified atom stereocenters. The van der Waals surface area contributed by atoms with E-state index in [9.17, 15) is 19.3 Å². The smallest absolute Gasteiger partial charge is 0.282 e. The van der Waals surface area contributed by atoms with Crippen molar-refractivity contribution >= 4 is 23.2 Å². The van der Waals surface area contributed by atoms with Gasteiger partial charge in [-0.25, -0.2) is 4.39 Å². The number of halogens is 2. The van der Waals surface area contributed by atoms with Crippen molar-refractivity contribution in [3.63, 3.8) is 0 Å². The molecule has 1 aromatic rings. The van der Waals surface area contributed by atoms with E-state index in [4.69, 9.17) is 11.6 Å². The van der Waals surface area contributed by atoms with Crippen LogP contribution in [-0.4, -0.2) is 22.2 Å². The van der Waals surface area contributed by atoms with E-state index >= 15 is 0 Å². The number of carbonyl (C=O) groups excluding carboxylic acids is 1. The molecular weight excluding hydrogens is 263 g/mol. The molecule has 18 heavy (non-hydrogen) atoms. The monoisotopic (exact) mass is 272 g/mol. The highest BCUT2D eigenvalue weighted by Gasteiger charge is 2.44. The topological polar surface area (TPSA) is 72.2 Å². The Hall–Kier alpha value is -1.69. The van der Waals surface area contributed by atoms with Crippen molar-refractivity contribution in [3.8, 4) is 0 Å². The van der Waals surface area contributed by atoms with Crippen molar-refractivity contribution < 1.29 is 14.1 Å². The fourth-order valence-electron chi connectivity index (χ4n) is 1.60. The van der Waals surface area contributed by atoms with Gasteiger partial charge in [0.2, 0.25) is 0 Å². The van der Waals surface area contributed by atoms with Crippen LogP contribution < -0.4 is 5.32 Å². The number of carbonyl (C=O) groups is 1. The Morgan fingerprint density at radius 3 is 2.72 bits per heavy atom. The molecule has 0 saturated heterocycles. The van der Waals surface area contributed by atoms with Gasteiger partial charge in [-0.05, 0) is 25.0 Å². The molecule has 1 amide bonds. The Bertz CT molecular complexity index is 517. The number of amides is 1. The molecule has 0 aliphatic heterocycles. The van der Waals surface area contributed by atoms with E-state index in [0.717, 1.165) is 31.0 Å². The van der Waals surface area contributed by atoms with Gasteiger partial charge in [-0.2, -0.15) is 0 Å². The Morgan fingerprint density at radius 2 is 2.22 bits per heavy atom. The van der Waals surface area contributed by atoms with Gasteiger partial charge in [-0.1, -0.05) is 0 Å². The van der Waals surface area contributed by atoms with Gasteiger partial charge in [0, 0.05) is 11.9 Å². The minimum absolute atomic E-state index is 0.238. The summed E-state index contributed by atoms with van der Waals surface area (Å²) in [6.07, 6.45) is 1.46. The van der Waals surface area contributed by atoms with E-state index in [1.165, 1.54) is 0 Å². The number of alkyl halides is 1. The fourth-order valence-corrected chi connectivity index (χ4v) is 1.93. The summed E-state index contributed by atoms with van der Waals surface area (Å²) in [6.45, 7) is 0. The molecule has 5 nitrogen and oxygen atoms in total. The molecule has 1 saturated carbocycles. The lowest BCUT2D eigenvalue weighted by atomic mass is 10.1. The van der Waals surface area contributed by atoms with Crippen LogP contribution in [-0.2, 0) is 0 Å². The van der Waals surface area contributed by atoms with E-state index in [0.29, 0.717) is 0 Å². The lowest BCUT2D eigenvalue weighted by Gasteiger charge is -2.13. The quantitative estimate of drug-likeness (QED) is 0.519. The van der Waals surface area contributed by atoms with Crippen molar-refractivity contribution in [2.75, 3.05) is 5.88 Å². The Morgan fingerprint density at radius 1 is 1.56 bits per heavy atom. The lowest BCUT2D eigenvalue weighted by molar-refractivity contribution is -0.385. The van der Waals surface area contributed by atoms with E-state index in [-0.39, 0.29) is 11.4 Å². The highest BCUT2D eigenvalue weighted by Crippen LogP contribution is 2.37. The van der Waals surface area contributed by atoms with Gasteiger partial charge in [-0.15, -0.1) is 11.6 Å². The molecule has 1 N–H and O–H groups in total. The number of benzene rings is 1. The second-order valence-corrected chi connectivity index (χ2v) is 4.55. The van der Waals surface area contributed by atoms with Crippen molar-refractivity contribution in [1.29, 1.82) is 0 Å². The van der Waals surface area contributed by atoms with Crippen LogP contribution >= 0.6 is 11.6 Å². The molecule has 0 radical (unpaired) electrons. The molecule has 1 fully saturated rings. The van der Waals surface area contributed by atoms with Crippen LogP contribution in [0.15, 0.2) is 18.2 Å². The molecule has 1 aliphatic rings. The highest BCUT2D eigenvalue weighted by atomic mass is 35.5. The second-order valence-electron chi connectivity index (χ2n) is 4.29. The zero-order valence-corrected chi connectivity index (χ0v) is 10.0. The number of nitrogens with zero attached hydrogens (tertiary/aromatic N) is 1. The number of hydrogen-bond acceptors (Lipinski definition) is 3. The summed E-state index contributed by atoms with van der Waals surface area (Å²) in [6, 6.07) is 2.78. The third-order valence-electron chi connectivity index (χ3n) is 2.89. The highest BCUT2D eigenvalue weighted by molar-refractivity contribution is 6.19. The molecule has 96 valence electrons. The molecule has 0 bridgehead atoms. The average Bonchev–Trinajstić information content (AvgIpc) is 3.09. The molecule has 0 atom stereocenters. The Labute approximate surface area is 107 Å². The molecule has 7 heteroatoms. The number of nitrogens with one attached hydrogen (secondary N) is 1. The van der Waals surface area contributed by atoms with Gasteiger partial charge in [0.25, 0.3) is 11.6 Å². The molecule has 1 aliphatic carbocycles. The fraction of sp³-hybridized carbons (Fsp3) is 0.364. The first-order chi connectivity index (χ1) is 8.47. The van der Waals surface area contributed by atoms with Crippen LogP contribution in [0.5, 0.6) is 0 Å². The van der Waals surface area contributed by atoms with E-state index < -0.39 is 27.9 Å². The summed E-state index contributed by atoms with van der Waals surface area (Å²) < 4.78 is 13.1. The van der Waals surface area contributed by atoms with Gasteiger partial charge < -0.3 is 5.32 Å². The van der Waals surface area contributed by atoms with E-state index in [1.807, 2.05) is 0 Å². The zero-order valence-electron chi connectivity index (χ0n) is 9.28. The maximum atomic E-state index is 13.1. The second kappa shape index (κ2) is 4.53. The molecule has 0 aromatic heterocycles. The summed E-state index contributed by atoms with van der Waals surface area (Å²) in [4.78, 5) is 21.9. The zero-order chi connectivity index (χ0) is 13.3. The van der Waals surface area contributed by atoms with E-state index in [1.54, 1.807) is 0 Å². The molecule has 2 rings (SSSR count). The summed E-state index contributed by atoms with van der Waals surface area (Å²) in [5.74, 6) is -1.12. The van der Waals surface area contributed by atoms with Crippen LogP contribution in [0.4, 0.5) is 10.1 Å². The maximum absolute atomic E-state index is 13.1. The van der Waals surface area contributed by atoms with Gasteiger partial charge in [-0.3, -0.25) is 14.9 Å². The molecular formula is C11H10ClFN2O3. The average molecular weight is 273 g/mol.